The standard InChI is InChI=1S/C36H21N3O/c37-21-23-16-18-30(38-22-23)25-9-7-8-24(20-25)26-10-1-4-13-31(26)39-32-14-5-2-11-27(32)28-17-19-34-35(36(28)39)29-12-3-6-15-33(29)40-34/h1-20,22H. The van der Waals surface area contributed by atoms with Crippen molar-refractivity contribution in [2.24, 2.45) is 0 Å². The lowest BCUT2D eigenvalue weighted by Crippen LogP contribution is -1.97. The second-order valence-corrected chi connectivity index (χ2v) is 9.93. The van der Waals surface area contributed by atoms with Crippen LogP contribution in [0.15, 0.2) is 132 Å². The molecule has 0 saturated heterocycles. The van der Waals surface area contributed by atoms with E-state index in [4.69, 9.17) is 4.42 Å². The number of furan rings is 1. The highest BCUT2D eigenvalue weighted by molar-refractivity contribution is 6.24. The van der Waals surface area contributed by atoms with Gasteiger partial charge in [0, 0.05) is 33.5 Å². The first-order valence-electron chi connectivity index (χ1n) is 13.2. The number of nitriles is 1. The molecule has 0 aliphatic heterocycles. The van der Waals surface area contributed by atoms with E-state index in [9.17, 15) is 5.26 Å². The maximum atomic E-state index is 9.18. The third kappa shape index (κ3) is 3.28. The molecule has 8 rings (SSSR count). The van der Waals surface area contributed by atoms with Crippen LogP contribution in [0.1, 0.15) is 5.56 Å². The number of para-hydroxylation sites is 3. The fraction of sp³-hybridized carbons (Fsp3) is 0. The Balaban J connectivity index is 1.43. The molecule has 5 aromatic carbocycles. The van der Waals surface area contributed by atoms with Crippen LogP contribution in [0.25, 0.3) is 71.8 Å². The van der Waals surface area contributed by atoms with Gasteiger partial charge in [-0.05, 0) is 54.1 Å². The number of aromatic nitrogens is 2. The highest BCUT2D eigenvalue weighted by atomic mass is 16.3. The van der Waals surface area contributed by atoms with Crippen LogP contribution in [-0.4, -0.2) is 9.55 Å². The van der Waals surface area contributed by atoms with Crippen LogP contribution in [0.2, 0.25) is 0 Å². The van der Waals surface area contributed by atoms with Gasteiger partial charge in [-0.1, -0.05) is 72.8 Å². The maximum absolute atomic E-state index is 9.18. The summed E-state index contributed by atoms with van der Waals surface area (Å²) < 4.78 is 8.69. The fourth-order valence-corrected chi connectivity index (χ4v) is 5.90. The molecule has 4 nitrogen and oxygen atoms in total. The van der Waals surface area contributed by atoms with Crippen molar-refractivity contribution in [2.45, 2.75) is 0 Å². The SMILES string of the molecule is N#Cc1ccc(-c2cccc(-c3ccccc3-n3c4ccccc4c4ccc5oc6ccccc6c5c43)c2)nc1. The Kier molecular flexibility index (Phi) is 4.85. The molecule has 0 bridgehead atoms. The van der Waals surface area contributed by atoms with E-state index in [1.807, 2.05) is 24.3 Å². The fourth-order valence-electron chi connectivity index (χ4n) is 5.90. The minimum absolute atomic E-state index is 0.551. The number of fused-ring (bicyclic) bond motifs is 7. The van der Waals surface area contributed by atoms with E-state index in [0.29, 0.717) is 5.56 Å². The van der Waals surface area contributed by atoms with E-state index >= 15 is 0 Å². The Morgan fingerprint density at radius 1 is 0.650 bits per heavy atom. The van der Waals surface area contributed by atoms with Crippen molar-refractivity contribution in [1.29, 1.82) is 5.26 Å². The van der Waals surface area contributed by atoms with Crippen molar-refractivity contribution in [3.05, 3.63) is 133 Å². The minimum atomic E-state index is 0.551. The molecule has 0 saturated carbocycles. The lowest BCUT2D eigenvalue weighted by Gasteiger charge is -2.15. The van der Waals surface area contributed by atoms with Gasteiger partial charge in [-0.3, -0.25) is 4.98 Å². The van der Waals surface area contributed by atoms with Crippen LogP contribution in [0.5, 0.6) is 0 Å². The van der Waals surface area contributed by atoms with Crippen molar-refractivity contribution in [3.63, 3.8) is 0 Å². The van der Waals surface area contributed by atoms with Gasteiger partial charge in [0.15, 0.2) is 0 Å². The topological polar surface area (TPSA) is 54.8 Å². The first-order chi connectivity index (χ1) is 19.8. The first-order valence-corrected chi connectivity index (χ1v) is 13.2. The summed E-state index contributed by atoms with van der Waals surface area (Å²) in [6.07, 6.45) is 1.62. The average molecular weight is 512 g/mol. The van der Waals surface area contributed by atoms with Crippen molar-refractivity contribution in [1.82, 2.24) is 9.55 Å². The van der Waals surface area contributed by atoms with Gasteiger partial charge < -0.3 is 8.98 Å². The molecule has 0 unspecified atom stereocenters. The summed E-state index contributed by atoms with van der Waals surface area (Å²) in [5.74, 6) is 0. The lowest BCUT2D eigenvalue weighted by atomic mass is 9.99. The molecule has 8 aromatic rings. The molecular weight excluding hydrogens is 490 g/mol. The van der Waals surface area contributed by atoms with Gasteiger partial charge >= 0.3 is 0 Å². The van der Waals surface area contributed by atoms with Crippen molar-refractivity contribution >= 4 is 43.7 Å². The van der Waals surface area contributed by atoms with Crippen molar-refractivity contribution in [3.8, 4) is 34.1 Å². The van der Waals surface area contributed by atoms with Gasteiger partial charge in [0.2, 0.25) is 0 Å². The van der Waals surface area contributed by atoms with Crippen molar-refractivity contribution < 1.29 is 4.42 Å². The highest BCUT2D eigenvalue weighted by Gasteiger charge is 2.20. The molecule has 3 heterocycles. The van der Waals surface area contributed by atoms with E-state index in [1.165, 1.54) is 10.8 Å². The predicted molar refractivity (Wildman–Crippen MR) is 161 cm³/mol. The van der Waals surface area contributed by atoms with E-state index in [0.717, 1.165) is 61.0 Å². The lowest BCUT2D eigenvalue weighted by molar-refractivity contribution is 0.669. The molecule has 40 heavy (non-hydrogen) atoms. The third-order valence-electron chi connectivity index (χ3n) is 7.68. The molecule has 0 amide bonds. The highest BCUT2D eigenvalue weighted by Crippen LogP contribution is 2.42. The largest absolute Gasteiger partial charge is 0.456 e. The molecule has 0 atom stereocenters. The molecule has 0 aliphatic carbocycles. The monoisotopic (exact) mass is 511 g/mol. The first kappa shape index (κ1) is 22.3. The molecule has 0 spiro atoms. The summed E-state index contributed by atoms with van der Waals surface area (Å²) in [6.45, 7) is 0. The van der Waals surface area contributed by atoms with Gasteiger partial charge in [-0.15, -0.1) is 0 Å². The van der Waals surface area contributed by atoms with Crippen LogP contribution in [-0.2, 0) is 0 Å². The second-order valence-electron chi connectivity index (χ2n) is 9.93. The van der Waals surface area contributed by atoms with Crippen LogP contribution in [0.4, 0.5) is 0 Å². The van der Waals surface area contributed by atoms with Gasteiger partial charge in [0.05, 0.1) is 33.4 Å². The van der Waals surface area contributed by atoms with E-state index in [2.05, 4.69) is 113 Å². The zero-order valence-corrected chi connectivity index (χ0v) is 21.4. The van der Waals surface area contributed by atoms with Crippen LogP contribution in [0, 0.1) is 11.3 Å². The van der Waals surface area contributed by atoms with Gasteiger partial charge in [-0.25, -0.2) is 0 Å². The van der Waals surface area contributed by atoms with Gasteiger partial charge in [0.25, 0.3) is 0 Å². The molecule has 0 aliphatic rings. The number of benzene rings is 5. The van der Waals surface area contributed by atoms with Crippen molar-refractivity contribution in [2.75, 3.05) is 0 Å². The number of nitrogens with zero attached hydrogens (tertiary/aromatic N) is 3. The Labute approximate surface area is 230 Å². The summed E-state index contributed by atoms with van der Waals surface area (Å²) >= 11 is 0. The smallest absolute Gasteiger partial charge is 0.137 e. The van der Waals surface area contributed by atoms with Crippen LogP contribution < -0.4 is 0 Å². The molecule has 3 aromatic heterocycles. The molecule has 4 heteroatoms. The summed E-state index contributed by atoms with van der Waals surface area (Å²) in [5, 5.41) is 13.8. The van der Waals surface area contributed by atoms with Crippen LogP contribution >= 0.6 is 0 Å². The Bertz CT molecular complexity index is 2280. The Hall–Kier alpha value is -5.66. The number of pyridine rings is 1. The average Bonchev–Trinajstić information content (AvgIpc) is 3.57. The summed E-state index contributed by atoms with van der Waals surface area (Å²) in [6, 6.07) is 44.0. The van der Waals surface area contributed by atoms with Crippen LogP contribution in [0.3, 0.4) is 0 Å². The van der Waals surface area contributed by atoms with E-state index in [1.54, 1.807) is 6.20 Å². The van der Waals surface area contributed by atoms with Gasteiger partial charge in [0.1, 0.15) is 17.2 Å². The molecule has 186 valence electrons. The Morgan fingerprint density at radius 3 is 2.33 bits per heavy atom. The Morgan fingerprint density at radius 2 is 1.45 bits per heavy atom. The zero-order valence-electron chi connectivity index (χ0n) is 21.4. The summed E-state index contributed by atoms with van der Waals surface area (Å²) in [4.78, 5) is 4.53. The minimum Gasteiger partial charge on any atom is -0.456 e. The number of rotatable bonds is 3. The maximum Gasteiger partial charge on any atom is 0.137 e. The third-order valence-corrected chi connectivity index (χ3v) is 7.68. The van der Waals surface area contributed by atoms with Gasteiger partial charge in [-0.2, -0.15) is 5.26 Å². The second kappa shape index (κ2) is 8.69. The van der Waals surface area contributed by atoms with E-state index < -0.39 is 0 Å². The zero-order chi connectivity index (χ0) is 26.6. The molecule has 0 fully saturated rings. The summed E-state index contributed by atoms with van der Waals surface area (Å²) in [5.41, 5.74) is 9.74. The molecule has 0 N–H and O–H groups in total. The number of hydrogen-bond acceptors (Lipinski definition) is 3. The summed E-state index contributed by atoms with van der Waals surface area (Å²) in [7, 11) is 0. The number of hydrogen-bond donors (Lipinski definition) is 0. The quantitative estimate of drug-likeness (QED) is 0.237. The molecule has 0 radical (unpaired) electrons. The normalized spacial score (nSPS) is 11.5. The van der Waals surface area contributed by atoms with E-state index in [-0.39, 0.29) is 0 Å². The molecular formula is C36H21N3O. The predicted octanol–water partition coefficient (Wildman–Crippen LogP) is 9.28.